The molecule has 1 aromatic rings. The lowest BCUT2D eigenvalue weighted by Gasteiger charge is -2.40. The number of nitrogens with zero attached hydrogens (tertiary/aromatic N) is 3. The summed E-state index contributed by atoms with van der Waals surface area (Å²) in [4.78, 5) is 48.5. The molecule has 2 fully saturated rings. The fourth-order valence-corrected chi connectivity index (χ4v) is 7.42. The number of likely N-dealkylation sites (tertiary alicyclic amines) is 1. The maximum atomic E-state index is 14.7. The monoisotopic (exact) mass is 549 g/mol. The Bertz CT molecular complexity index is 1260. The van der Waals surface area contributed by atoms with Gasteiger partial charge in [-0.15, -0.1) is 0 Å². The first kappa shape index (κ1) is 28.6. The van der Waals surface area contributed by atoms with E-state index in [4.69, 9.17) is 4.74 Å². The van der Waals surface area contributed by atoms with Crippen molar-refractivity contribution in [2.24, 2.45) is 17.8 Å². The predicted octanol–water partition coefficient (Wildman–Crippen LogP) is 3.39. The van der Waals surface area contributed by atoms with Crippen molar-refractivity contribution in [2.45, 2.75) is 77.7 Å². The summed E-state index contributed by atoms with van der Waals surface area (Å²) in [5.41, 5.74) is 0.389. The van der Waals surface area contributed by atoms with Gasteiger partial charge in [0.25, 0.3) is 5.91 Å². The Morgan fingerprint density at radius 1 is 1.02 bits per heavy atom. The normalized spacial score (nSPS) is 32.4. The Balaban J connectivity index is 1.69. The van der Waals surface area contributed by atoms with Crippen LogP contribution in [0.2, 0.25) is 0 Å². The molecule has 6 atom stereocenters. The molecule has 2 saturated heterocycles. The number of ether oxygens (including phenoxy) is 1. The zero-order chi connectivity index (χ0) is 29.0. The molecule has 4 heterocycles. The Kier molecular flexibility index (Phi) is 7.46. The van der Waals surface area contributed by atoms with Gasteiger partial charge in [0.15, 0.2) is 0 Å². The highest BCUT2D eigenvalue weighted by Gasteiger charge is 2.75. The van der Waals surface area contributed by atoms with E-state index in [0.29, 0.717) is 26.1 Å². The lowest BCUT2D eigenvalue weighted by atomic mass is 9.74. The third-order valence-electron chi connectivity index (χ3n) is 9.07. The fraction of sp³-hybridized carbons (Fsp3) is 0.594. The van der Waals surface area contributed by atoms with Gasteiger partial charge in [0.2, 0.25) is 11.8 Å². The van der Waals surface area contributed by atoms with Crippen LogP contribution in [0.4, 0.5) is 5.69 Å². The molecule has 8 heteroatoms. The molecule has 0 aromatic heterocycles. The summed E-state index contributed by atoms with van der Waals surface area (Å²) >= 11 is 0. The summed E-state index contributed by atoms with van der Waals surface area (Å²) < 4.78 is 6.92. The zero-order valence-electron chi connectivity index (χ0n) is 24.6. The van der Waals surface area contributed by atoms with E-state index < -0.39 is 35.1 Å². The number of carbonyl (C=O) groups is 3. The van der Waals surface area contributed by atoms with Gasteiger partial charge in [-0.2, -0.15) is 0 Å². The topological polar surface area (TPSA) is 90.4 Å². The van der Waals surface area contributed by atoms with Crippen LogP contribution in [-0.4, -0.2) is 82.2 Å². The molecule has 8 nitrogen and oxygen atoms in total. The van der Waals surface area contributed by atoms with Crippen LogP contribution in [0.3, 0.4) is 0 Å². The largest absolute Gasteiger partial charge is 0.394 e. The maximum absolute atomic E-state index is 14.7. The van der Waals surface area contributed by atoms with Crippen LogP contribution in [0.5, 0.6) is 0 Å². The van der Waals surface area contributed by atoms with Gasteiger partial charge in [-0.1, -0.05) is 57.2 Å². The molecule has 1 aromatic carbocycles. The van der Waals surface area contributed by atoms with E-state index in [9.17, 15) is 19.5 Å². The summed E-state index contributed by atoms with van der Waals surface area (Å²) in [6.45, 7) is 13.0. The number of aliphatic hydroxyl groups excluding tert-OH is 1. The van der Waals surface area contributed by atoms with E-state index in [1.165, 1.54) is 0 Å². The maximum Gasteiger partial charge on any atom is 0.253 e. The Morgan fingerprint density at radius 3 is 2.42 bits per heavy atom. The van der Waals surface area contributed by atoms with Crippen molar-refractivity contribution in [1.82, 2.24) is 9.80 Å². The Morgan fingerprint density at radius 2 is 1.75 bits per heavy atom. The van der Waals surface area contributed by atoms with E-state index in [1.807, 2.05) is 84.0 Å². The molecule has 0 aliphatic carbocycles. The van der Waals surface area contributed by atoms with E-state index in [-0.39, 0.29) is 30.2 Å². The minimum absolute atomic E-state index is 0.119. The number of aliphatic hydroxyl groups is 1. The van der Waals surface area contributed by atoms with Crippen LogP contribution in [0.25, 0.3) is 0 Å². The van der Waals surface area contributed by atoms with Gasteiger partial charge >= 0.3 is 0 Å². The second-order valence-corrected chi connectivity index (χ2v) is 12.5. The standard InChI is InChI=1S/C32H43N3O5/c1-7-14-33-15-8-12-31(6)25(28(33)37)26-29(38)35(23(19-36)17-20(2)3)27-30(39)34(16-9-13-32(26,27)40-31)24-18-21(4)10-11-22(24)5/h8-13,18,20,23,25-27,36H,7,14-17,19H2,1-6H3/t23-,25-,26+,27?,31+,32+/m1/s1. The summed E-state index contributed by atoms with van der Waals surface area (Å²) in [5, 5.41) is 10.6. The first-order chi connectivity index (χ1) is 19.0. The lowest BCUT2D eigenvalue weighted by Crippen LogP contribution is -2.59. The van der Waals surface area contributed by atoms with Crippen LogP contribution >= 0.6 is 0 Å². The Hall–Kier alpha value is -2.97. The molecule has 40 heavy (non-hydrogen) atoms. The van der Waals surface area contributed by atoms with Gasteiger partial charge in [0.1, 0.15) is 11.6 Å². The van der Waals surface area contributed by atoms with Gasteiger partial charge in [-0.25, -0.2) is 0 Å². The molecule has 0 bridgehead atoms. The third kappa shape index (κ3) is 4.31. The molecule has 0 radical (unpaired) electrons. The molecule has 1 spiro atoms. The van der Waals surface area contributed by atoms with E-state index in [2.05, 4.69) is 0 Å². The number of benzene rings is 1. The number of carbonyl (C=O) groups excluding carboxylic acids is 3. The van der Waals surface area contributed by atoms with Gasteiger partial charge in [0, 0.05) is 25.3 Å². The second-order valence-electron chi connectivity index (χ2n) is 12.5. The van der Waals surface area contributed by atoms with Crippen molar-refractivity contribution in [3.63, 3.8) is 0 Å². The number of anilines is 1. The number of hydrogen-bond donors (Lipinski definition) is 1. The van der Waals surface area contributed by atoms with Crippen molar-refractivity contribution in [3.05, 3.63) is 53.6 Å². The number of aryl methyl sites for hydroxylation is 2. The van der Waals surface area contributed by atoms with Crippen molar-refractivity contribution in [2.75, 3.05) is 31.1 Å². The van der Waals surface area contributed by atoms with E-state index >= 15 is 0 Å². The van der Waals surface area contributed by atoms with Crippen LogP contribution in [0, 0.1) is 31.6 Å². The molecule has 4 aliphatic rings. The Labute approximate surface area is 237 Å². The predicted molar refractivity (Wildman–Crippen MR) is 154 cm³/mol. The average molecular weight is 550 g/mol. The van der Waals surface area contributed by atoms with Crippen LogP contribution in [-0.2, 0) is 19.1 Å². The van der Waals surface area contributed by atoms with Crippen LogP contribution in [0.1, 0.15) is 51.7 Å². The summed E-state index contributed by atoms with van der Waals surface area (Å²) in [7, 11) is 0. The second kappa shape index (κ2) is 10.5. The van der Waals surface area contributed by atoms with Crippen molar-refractivity contribution >= 4 is 23.4 Å². The van der Waals surface area contributed by atoms with E-state index in [0.717, 1.165) is 23.2 Å². The molecule has 1 N–H and O–H groups in total. The highest BCUT2D eigenvalue weighted by Crippen LogP contribution is 2.58. The van der Waals surface area contributed by atoms with Gasteiger partial charge in [0.05, 0.1) is 30.1 Å². The van der Waals surface area contributed by atoms with Crippen LogP contribution < -0.4 is 4.90 Å². The molecule has 0 saturated carbocycles. The highest BCUT2D eigenvalue weighted by molar-refractivity contribution is 6.06. The number of rotatable bonds is 7. The molecule has 3 amide bonds. The third-order valence-corrected chi connectivity index (χ3v) is 9.07. The minimum Gasteiger partial charge on any atom is -0.394 e. The molecule has 216 valence electrons. The van der Waals surface area contributed by atoms with Crippen molar-refractivity contribution in [1.29, 1.82) is 0 Å². The van der Waals surface area contributed by atoms with Gasteiger partial charge in [-0.05, 0) is 56.7 Å². The van der Waals surface area contributed by atoms with E-state index in [1.54, 1.807) is 14.7 Å². The van der Waals surface area contributed by atoms with Crippen molar-refractivity contribution < 1.29 is 24.2 Å². The summed E-state index contributed by atoms with van der Waals surface area (Å²) in [5.74, 6) is -2.14. The number of hydrogen-bond acceptors (Lipinski definition) is 5. The van der Waals surface area contributed by atoms with Crippen molar-refractivity contribution in [3.8, 4) is 0 Å². The molecule has 5 rings (SSSR count). The minimum atomic E-state index is -1.33. The smallest absolute Gasteiger partial charge is 0.253 e. The van der Waals surface area contributed by atoms with Gasteiger partial charge in [-0.3, -0.25) is 14.4 Å². The average Bonchev–Trinajstić information content (AvgIpc) is 3.18. The first-order valence-electron chi connectivity index (χ1n) is 14.6. The molecule has 4 aliphatic heterocycles. The quantitative estimate of drug-likeness (QED) is 0.527. The number of amides is 3. The van der Waals surface area contributed by atoms with Gasteiger partial charge < -0.3 is 24.5 Å². The zero-order valence-corrected chi connectivity index (χ0v) is 24.6. The molecular formula is C32H43N3O5. The summed E-state index contributed by atoms with van der Waals surface area (Å²) in [6, 6.07) is 4.41. The fourth-order valence-electron chi connectivity index (χ4n) is 7.42. The van der Waals surface area contributed by atoms with Crippen LogP contribution in [0.15, 0.2) is 42.5 Å². The SMILES string of the molecule is CCCN1CC=C[C@]2(C)O[C@]34C=CCN(c5cc(C)ccc5C)C(=O)C3N([C@@H](CO)CC(C)C)C(=O)[C@@H]4[C@@H]2C1=O. The summed E-state index contributed by atoms with van der Waals surface area (Å²) in [6.07, 6.45) is 8.97. The lowest BCUT2D eigenvalue weighted by molar-refractivity contribution is -0.151. The highest BCUT2D eigenvalue weighted by atomic mass is 16.5. The molecular weight excluding hydrogens is 506 g/mol. The first-order valence-corrected chi connectivity index (χ1v) is 14.6. The molecule has 1 unspecified atom stereocenters. The number of fused-ring (bicyclic) bond motifs is 2.